The largest absolute Gasteiger partial charge is 0.508 e. The van der Waals surface area contributed by atoms with E-state index in [1.807, 2.05) is 49.3 Å². The number of fused-ring (bicyclic) bond motifs is 4. The summed E-state index contributed by atoms with van der Waals surface area (Å²) in [5, 5.41) is 19.8. The number of imide groups is 2. The molecular weight excluding hydrogens is 669 g/mol. The van der Waals surface area contributed by atoms with Crippen LogP contribution in [-0.4, -0.2) is 71.6 Å². The van der Waals surface area contributed by atoms with Crippen molar-refractivity contribution in [1.82, 2.24) is 4.90 Å². The van der Waals surface area contributed by atoms with Crippen molar-refractivity contribution in [1.29, 1.82) is 0 Å². The fourth-order valence-electron chi connectivity index (χ4n) is 7.92. The molecule has 4 amide bonds. The Bertz CT molecular complexity index is 1960. The predicted molar refractivity (Wildman–Crippen MR) is 184 cm³/mol. The van der Waals surface area contributed by atoms with Crippen molar-refractivity contribution in [3.8, 4) is 11.5 Å². The summed E-state index contributed by atoms with van der Waals surface area (Å²) in [5.41, 5.74) is 3.35. The second-order valence-corrected chi connectivity index (χ2v) is 14.3. The van der Waals surface area contributed by atoms with Gasteiger partial charge in [0.15, 0.2) is 9.75 Å². The maximum absolute atomic E-state index is 14.3. The number of hydrogen-bond donors (Lipinski definition) is 1. The highest BCUT2D eigenvalue weighted by atomic mass is 35.5. The molecule has 2 saturated heterocycles. The first-order valence-corrected chi connectivity index (χ1v) is 16.5. The van der Waals surface area contributed by atoms with Gasteiger partial charge < -0.3 is 14.7 Å². The highest BCUT2D eigenvalue weighted by Crippen LogP contribution is 2.67. The third-order valence-electron chi connectivity index (χ3n) is 10.3. The number of carbonyl (C=O) groups excluding carboxylic acids is 4. The van der Waals surface area contributed by atoms with Crippen LogP contribution >= 0.6 is 23.2 Å². The third kappa shape index (κ3) is 4.69. The van der Waals surface area contributed by atoms with Crippen LogP contribution in [0.25, 0.3) is 0 Å². The Kier molecular flexibility index (Phi) is 7.83. The van der Waals surface area contributed by atoms with E-state index in [1.165, 1.54) is 25.1 Å². The van der Waals surface area contributed by atoms with Crippen molar-refractivity contribution >= 4 is 69.6 Å². The number of rotatable bonds is 6. The van der Waals surface area contributed by atoms with Crippen LogP contribution < -0.4 is 14.5 Å². The smallest absolute Gasteiger partial charge is 0.253 e. The minimum absolute atomic E-state index is 0.159. The van der Waals surface area contributed by atoms with Gasteiger partial charge >= 0.3 is 0 Å². The van der Waals surface area contributed by atoms with E-state index in [1.54, 1.807) is 36.4 Å². The van der Waals surface area contributed by atoms with Crippen LogP contribution in [0.2, 0.25) is 0 Å². The van der Waals surface area contributed by atoms with Gasteiger partial charge in [0, 0.05) is 38.3 Å². The molecule has 3 aromatic carbocycles. The summed E-state index contributed by atoms with van der Waals surface area (Å²) < 4.78 is 5.60. The second-order valence-electron chi connectivity index (χ2n) is 13.0. The van der Waals surface area contributed by atoms with E-state index < -0.39 is 51.1 Å². The van der Waals surface area contributed by atoms with Crippen LogP contribution in [-0.2, 0) is 19.2 Å². The van der Waals surface area contributed by atoms with Gasteiger partial charge in [-0.3, -0.25) is 29.0 Å². The van der Waals surface area contributed by atoms with Gasteiger partial charge in [-0.1, -0.05) is 17.7 Å². The van der Waals surface area contributed by atoms with Crippen LogP contribution in [0.5, 0.6) is 11.5 Å². The molecule has 1 saturated carbocycles. The highest BCUT2D eigenvalue weighted by molar-refractivity contribution is 6.53. The van der Waals surface area contributed by atoms with Gasteiger partial charge in [0.25, 0.3) is 11.8 Å². The van der Waals surface area contributed by atoms with Crippen LogP contribution in [0.4, 0.5) is 22.7 Å². The Morgan fingerprint density at radius 2 is 1.51 bits per heavy atom. The average Bonchev–Trinajstić information content (AvgIpc) is 3.42. The fourth-order valence-corrected chi connectivity index (χ4v) is 8.92. The number of aromatic hydroxyl groups is 1. The highest BCUT2D eigenvalue weighted by Gasteiger charge is 2.76. The molecule has 49 heavy (non-hydrogen) atoms. The predicted octanol–water partition coefficient (Wildman–Crippen LogP) is 6.08. The van der Waals surface area contributed by atoms with E-state index in [0.29, 0.717) is 22.6 Å². The molecule has 3 fully saturated rings. The minimum Gasteiger partial charge on any atom is -0.508 e. The number of phenols is 1. The monoisotopic (exact) mass is 701 g/mol. The number of anilines is 2. The Morgan fingerprint density at radius 3 is 2.12 bits per heavy atom. The molecule has 4 aliphatic rings. The molecule has 3 aromatic rings. The van der Waals surface area contributed by atoms with E-state index >= 15 is 0 Å². The van der Waals surface area contributed by atoms with Crippen molar-refractivity contribution in [2.24, 2.45) is 28.0 Å². The number of amides is 4. The van der Waals surface area contributed by atoms with Crippen LogP contribution in [0, 0.1) is 17.8 Å². The van der Waals surface area contributed by atoms with Gasteiger partial charge in [-0.2, -0.15) is 10.2 Å². The zero-order chi connectivity index (χ0) is 35.0. The quantitative estimate of drug-likeness (QED) is 0.143. The Balaban J connectivity index is 1.23. The lowest BCUT2D eigenvalue weighted by Gasteiger charge is -2.50. The molecule has 0 bridgehead atoms. The molecule has 2 aliphatic heterocycles. The number of phenolic OH excluding ortho intramolecular Hbond substituents is 1. The molecule has 2 heterocycles. The third-order valence-corrected chi connectivity index (χ3v) is 11.7. The number of halogens is 2. The maximum Gasteiger partial charge on any atom is 0.253 e. The van der Waals surface area contributed by atoms with Crippen molar-refractivity contribution < 1.29 is 29.0 Å². The molecule has 2 aliphatic carbocycles. The summed E-state index contributed by atoms with van der Waals surface area (Å²) >= 11 is 14.5. The number of azo groups is 1. The molecule has 1 N–H and O–H groups in total. The number of carbonyl (C=O) groups is 4. The summed E-state index contributed by atoms with van der Waals surface area (Å²) in [7, 11) is 6.63. The van der Waals surface area contributed by atoms with Crippen molar-refractivity contribution in [3.63, 3.8) is 0 Å². The van der Waals surface area contributed by atoms with Crippen LogP contribution in [0.1, 0.15) is 24.3 Å². The fraction of sp³-hybridized carbons (Fsp3) is 0.333. The van der Waals surface area contributed by atoms with Gasteiger partial charge in [0.1, 0.15) is 11.5 Å². The van der Waals surface area contributed by atoms with E-state index in [0.717, 1.165) is 10.6 Å². The van der Waals surface area contributed by atoms with Gasteiger partial charge in [0.05, 0.1) is 36.0 Å². The van der Waals surface area contributed by atoms with Crippen molar-refractivity contribution in [3.05, 3.63) is 83.9 Å². The number of nitrogens with zero attached hydrogens (tertiary/aromatic N) is 5. The maximum atomic E-state index is 14.3. The van der Waals surface area contributed by atoms with Crippen molar-refractivity contribution in [2.45, 2.75) is 28.5 Å². The molecule has 0 spiro atoms. The first kappa shape index (κ1) is 32.8. The number of alkyl halides is 2. The second kappa shape index (κ2) is 11.7. The molecular formula is C36H33Cl2N5O6. The number of benzene rings is 3. The summed E-state index contributed by atoms with van der Waals surface area (Å²) in [5.74, 6) is -5.72. The normalized spacial score (nSPS) is 29.2. The lowest BCUT2D eigenvalue weighted by Crippen LogP contribution is -2.60. The van der Waals surface area contributed by atoms with Gasteiger partial charge in [-0.25, -0.2) is 0 Å². The van der Waals surface area contributed by atoms with Gasteiger partial charge in [-0.15, -0.1) is 23.2 Å². The summed E-state index contributed by atoms with van der Waals surface area (Å²) in [6.07, 6.45) is 1.83. The van der Waals surface area contributed by atoms with Crippen LogP contribution in [0.3, 0.4) is 0 Å². The molecule has 252 valence electrons. The summed E-state index contributed by atoms with van der Waals surface area (Å²) in [6, 6.07) is 18.9. The first-order valence-electron chi connectivity index (χ1n) is 15.8. The number of hydrogen-bond acceptors (Lipinski definition) is 9. The average molecular weight is 703 g/mol. The number of methoxy groups -OCH3 is 1. The van der Waals surface area contributed by atoms with Crippen LogP contribution in [0.15, 0.2) is 88.6 Å². The number of allylic oxidation sites excluding steroid dienone is 2. The molecule has 13 heteroatoms. The van der Waals surface area contributed by atoms with Gasteiger partial charge in [-0.05, 0) is 79.4 Å². The lowest BCUT2D eigenvalue weighted by molar-refractivity contribution is -0.138. The van der Waals surface area contributed by atoms with Crippen molar-refractivity contribution in [2.75, 3.05) is 38.1 Å². The summed E-state index contributed by atoms with van der Waals surface area (Å²) in [4.78, 5) is 55.8. The molecule has 6 unspecified atom stereocenters. The number of likely N-dealkylation sites (tertiary alicyclic amines) is 1. The Hall–Kier alpha value is -4.74. The zero-order valence-corrected chi connectivity index (χ0v) is 28.6. The molecule has 6 atom stereocenters. The first-order chi connectivity index (χ1) is 23.3. The topological polar surface area (TPSA) is 132 Å². The molecule has 0 radical (unpaired) electrons. The molecule has 0 aromatic heterocycles. The Morgan fingerprint density at radius 1 is 0.878 bits per heavy atom. The minimum atomic E-state index is -2.04. The van der Waals surface area contributed by atoms with E-state index in [4.69, 9.17) is 27.9 Å². The van der Waals surface area contributed by atoms with E-state index in [9.17, 15) is 24.3 Å². The number of ether oxygens (including phenoxy) is 1. The SMILES string of the molecule is COc1cccc(O)c1C1C2=CCC3C(=O)N(c4ccc(N=Nc5ccc(N(C)C)cc5)cc4)C(=O)C3C2CC2(Cl)C(=O)N(C)C(=O)C12Cl. The Labute approximate surface area is 292 Å². The standard InChI is InChI=1S/C36H33Cl2N5O6/c1-41(2)21-12-8-19(9-13-21)39-40-20-10-14-22(15-11-20)43-31(45)24-17-16-23-25(28(24)32(43)46)18-35(37)33(47)42(3)34(48)36(35,38)30(23)29-26(44)6-5-7-27(29)49-4/h5-16,24-25,28,30,44H,17-18H2,1-4H3. The lowest BCUT2D eigenvalue weighted by atomic mass is 9.56. The molecule has 11 nitrogen and oxygen atoms in total. The van der Waals surface area contributed by atoms with Gasteiger partial charge in [0.2, 0.25) is 11.8 Å². The van der Waals surface area contributed by atoms with E-state index in [2.05, 4.69) is 10.2 Å². The molecule has 7 rings (SSSR count). The summed E-state index contributed by atoms with van der Waals surface area (Å²) in [6.45, 7) is 0. The van der Waals surface area contributed by atoms with E-state index in [-0.39, 0.29) is 35.8 Å². The zero-order valence-electron chi connectivity index (χ0n) is 27.1.